The molecule has 0 bridgehead atoms. The topological polar surface area (TPSA) is 34.8 Å². The van der Waals surface area contributed by atoms with Gasteiger partial charge in [-0.15, -0.1) is 0 Å². The first-order chi connectivity index (χ1) is 12.2. The fourth-order valence-electron chi connectivity index (χ4n) is 3.93. The normalized spacial score (nSPS) is 25.4. The highest BCUT2D eigenvalue weighted by Crippen LogP contribution is 2.36. The van der Waals surface area contributed by atoms with E-state index in [0.29, 0.717) is 6.04 Å². The van der Waals surface area contributed by atoms with Crippen LogP contribution < -0.4 is 5.46 Å². The molecular weight excluding hydrogens is 325 g/mol. The average Bonchev–Trinajstić information content (AvgIpc) is 3.21. The lowest BCUT2D eigenvalue weighted by atomic mass is 9.79. The molecule has 4 nitrogen and oxygen atoms in total. The van der Waals surface area contributed by atoms with Crippen molar-refractivity contribution in [3.05, 3.63) is 30.0 Å². The highest BCUT2D eigenvalue weighted by Gasteiger charge is 2.51. The van der Waals surface area contributed by atoms with Gasteiger partial charge in [-0.1, -0.05) is 12.1 Å². The standard InChI is InChI=1S/C21H30BNO3/c1-15-7-6-11-23(15)12-10-18-13-16-8-9-17(14-19(16)24-18)22-25-20(2,3)21(4,5)26-22/h8-9,13-15H,6-7,10-12H2,1-5H3. The summed E-state index contributed by atoms with van der Waals surface area (Å²) in [5.74, 6) is 1.06. The number of nitrogens with zero attached hydrogens (tertiary/aromatic N) is 1. The van der Waals surface area contributed by atoms with Crippen molar-refractivity contribution in [3.63, 3.8) is 0 Å². The van der Waals surface area contributed by atoms with Gasteiger partial charge in [-0.3, -0.25) is 0 Å². The zero-order valence-corrected chi connectivity index (χ0v) is 16.7. The molecule has 2 fully saturated rings. The van der Waals surface area contributed by atoms with Gasteiger partial charge < -0.3 is 18.6 Å². The summed E-state index contributed by atoms with van der Waals surface area (Å²) in [5.41, 5.74) is 1.28. The molecule has 26 heavy (non-hydrogen) atoms. The quantitative estimate of drug-likeness (QED) is 0.783. The van der Waals surface area contributed by atoms with E-state index in [9.17, 15) is 0 Å². The van der Waals surface area contributed by atoms with Crippen LogP contribution in [-0.4, -0.2) is 42.4 Å². The molecule has 2 saturated heterocycles. The van der Waals surface area contributed by atoms with E-state index >= 15 is 0 Å². The molecule has 0 saturated carbocycles. The molecule has 140 valence electrons. The van der Waals surface area contributed by atoms with Crippen molar-refractivity contribution in [1.82, 2.24) is 4.90 Å². The van der Waals surface area contributed by atoms with Gasteiger partial charge in [0.2, 0.25) is 0 Å². The fraction of sp³-hybridized carbons (Fsp3) is 0.619. The van der Waals surface area contributed by atoms with Crippen LogP contribution >= 0.6 is 0 Å². The lowest BCUT2D eigenvalue weighted by Gasteiger charge is -2.32. The Morgan fingerprint density at radius 2 is 1.85 bits per heavy atom. The second-order valence-corrected chi connectivity index (χ2v) is 8.88. The van der Waals surface area contributed by atoms with Crippen LogP contribution in [0.5, 0.6) is 0 Å². The first-order valence-electron chi connectivity index (χ1n) is 9.87. The third kappa shape index (κ3) is 3.21. The van der Waals surface area contributed by atoms with Crippen LogP contribution in [0.3, 0.4) is 0 Å². The Bertz CT molecular complexity index is 782. The Labute approximate surface area is 157 Å². The molecule has 1 aromatic carbocycles. The third-order valence-electron chi connectivity index (χ3n) is 6.46. The van der Waals surface area contributed by atoms with Crippen molar-refractivity contribution < 1.29 is 13.7 Å². The van der Waals surface area contributed by atoms with E-state index in [0.717, 1.165) is 35.2 Å². The van der Waals surface area contributed by atoms with E-state index in [1.807, 2.05) is 0 Å². The van der Waals surface area contributed by atoms with Crippen molar-refractivity contribution in [2.24, 2.45) is 0 Å². The first kappa shape index (κ1) is 18.1. The van der Waals surface area contributed by atoms with Crippen molar-refractivity contribution in [2.75, 3.05) is 13.1 Å². The Morgan fingerprint density at radius 1 is 1.12 bits per heavy atom. The third-order valence-corrected chi connectivity index (χ3v) is 6.46. The lowest BCUT2D eigenvalue weighted by Crippen LogP contribution is -2.41. The number of likely N-dealkylation sites (tertiary alicyclic amines) is 1. The smallest absolute Gasteiger partial charge is 0.461 e. The minimum atomic E-state index is -0.344. The Hall–Kier alpha value is -1.30. The fourth-order valence-corrected chi connectivity index (χ4v) is 3.93. The van der Waals surface area contributed by atoms with E-state index in [1.54, 1.807) is 0 Å². The monoisotopic (exact) mass is 355 g/mol. The van der Waals surface area contributed by atoms with Gasteiger partial charge in [-0.05, 0) is 71.6 Å². The van der Waals surface area contributed by atoms with Crippen LogP contribution in [0.1, 0.15) is 53.2 Å². The molecule has 2 aliphatic heterocycles. The summed E-state index contributed by atoms with van der Waals surface area (Å²) in [4.78, 5) is 2.56. The highest BCUT2D eigenvalue weighted by atomic mass is 16.7. The van der Waals surface area contributed by atoms with Crippen LogP contribution in [0.4, 0.5) is 0 Å². The second kappa shape index (κ2) is 6.40. The van der Waals surface area contributed by atoms with Gasteiger partial charge in [0.05, 0.1) is 11.2 Å². The van der Waals surface area contributed by atoms with Crippen LogP contribution in [0.25, 0.3) is 11.0 Å². The summed E-state index contributed by atoms with van der Waals surface area (Å²) in [6.07, 6.45) is 3.60. The number of benzene rings is 1. The molecule has 5 heteroatoms. The van der Waals surface area contributed by atoms with Crippen LogP contribution in [0.2, 0.25) is 0 Å². The van der Waals surface area contributed by atoms with E-state index < -0.39 is 0 Å². The highest BCUT2D eigenvalue weighted by molar-refractivity contribution is 6.62. The van der Waals surface area contributed by atoms with Crippen LogP contribution in [0, 0.1) is 0 Å². The molecule has 1 unspecified atom stereocenters. The maximum absolute atomic E-state index is 6.16. The van der Waals surface area contributed by atoms with E-state index in [2.05, 4.69) is 63.8 Å². The van der Waals surface area contributed by atoms with Crippen molar-refractivity contribution in [1.29, 1.82) is 0 Å². The van der Waals surface area contributed by atoms with Gasteiger partial charge in [-0.2, -0.15) is 0 Å². The molecule has 0 aliphatic carbocycles. The van der Waals surface area contributed by atoms with Crippen molar-refractivity contribution in [3.8, 4) is 0 Å². The number of hydrogen-bond acceptors (Lipinski definition) is 4. The minimum absolute atomic E-state index is 0.326. The summed E-state index contributed by atoms with van der Waals surface area (Å²) in [7, 11) is -0.344. The lowest BCUT2D eigenvalue weighted by molar-refractivity contribution is 0.00578. The molecule has 3 heterocycles. The number of fused-ring (bicyclic) bond motifs is 1. The molecule has 0 N–H and O–H groups in total. The Kier molecular flexibility index (Phi) is 4.45. The largest absolute Gasteiger partial charge is 0.494 e. The summed E-state index contributed by atoms with van der Waals surface area (Å²) in [6, 6.07) is 9.14. The molecular formula is C21H30BNO3. The number of furan rings is 1. The van der Waals surface area contributed by atoms with Gasteiger partial charge in [-0.25, -0.2) is 0 Å². The van der Waals surface area contributed by atoms with Gasteiger partial charge in [0.25, 0.3) is 0 Å². The molecule has 0 spiro atoms. The van der Waals surface area contributed by atoms with Crippen molar-refractivity contribution >= 4 is 23.6 Å². The predicted octanol–water partition coefficient (Wildman–Crippen LogP) is 3.76. The van der Waals surface area contributed by atoms with Gasteiger partial charge in [0.1, 0.15) is 11.3 Å². The maximum atomic E-state index is 6.16. The SMILES string of the molecule is CC1CCCN1CCc1cc2ccc(B3OC(C)(C)C(C)(C)O3)cc2o1. The molecule has 4 rings (SSSR count). The molecule has 2 aromatic rings. The Morgan fingerprint density at radius 3 is 2.50 bits per heavy atom. The van der Waals surface area contributed by atoms with E-state index in [-0.39, 0.29) is 18.3 Å². The zero-order valence-electron chi connectivity index (χ0n) is 16.7. The first-order valence-corrected chi connectivity index (χ1v) is 9.87. The number of hydrogen-bond donors (Lipinski definition) is 0. The van der Waals surface area contributed by atoms with E-state index in [1.165, 1.54) is 19.4 Å². The van der Waals surface area contributed by atoms with Gasteiger partial charge in [0, 0.05) is 24.4 Å². The molecule has 0 amide bonds. The average molecular weight is 355 g/mol. The Balaban J connectivity index is 1.49. The summed E-state index contributed by atoms with van der Waals surface area (Å²) in [6.45, 7) is 12.9. The summed E-state index contributed by atoms with van der Waals surface area (Å²) >= 11 is 0. The molecule has 0 radical (unpaired) electrons. The van der Waals surface area contributed by atoms with E-state index in [4.69, 9.17) is 13.7 Å². The van der Waals surface area contributed by atoms with Gasteiger partial charge >= 0.3 is 7.12 Å². The van der Waals surface area contributed by atoms with Crippen LogP contribution in [0.15, 0.2) is 28.7 Å². The van der Waals surface area contributed by atoms with Crippen molar-refractivity contribution in [2.45, 2.75) is 71.1 Å². The molecule has 2 aliphatic rings. The molecule has 1 atom stereocenters. The zero-order chi connectivity index (χ0) is 18.5. The summed E-state index contributed by atoms with van der Waals surface area (Å²) in [5, 5.41) is 1.15. The predicted molar refractivity (Wildman–Crippen MR) is 106 cm³/mol. The summed E-state index contributed by atoms with van der Waals surface area (Å²) < 4.78 is 18.5. The second-order valence-electron chi connectivity index (χ2n) is 8.88. The minimum Gasteiger partial charge on any atom is -0.461 e. The van der Waals surface area contributed by atoms with Gasteiger partial charge in [0.15, 0.2) is 0 Å². The maximum Gasteiger partial charge on any atom is 0.494 e. The van der Waals surface area contributed by atoms with Crippen LogP contribution in [-0.2, 0) is 15.7 Å². The number of rotatable bonds is 4. The molecule has 1 aromatic heterocycles.